The monoisotopic (exact) mass is 672 g/mol. The van der Waals surface area contributed by atoms with Gasteiger partial charge in [-0.3, -0.25) is 0 Å². The summed E-state index contributed by atoms with van der Waals surface area (Å²) in [4.78, 5) is 48.3. The summed E-state index contributed by atoms with van der Waals surface area (Å²) in [6, 6.07) is 18.0. The van der Waals surface area contributed by atoms with Gasteiger partial charge in [-0.1, -0.05) is 27.0 Å². The predicted molar refractivity (Wildman–Crippen MR) is 184 cm³/mol. The summed E-state index contributed by atoms with van der Waals surface area (Å²) in [6.45, 7) is 13.3. The lowest BCUT2D eigenvalue weighted by Gasteiger charge is -2.15. The minimum atomic E-state index is -0.547. The highest BCUT2D eigenvalue weighted by Gasteiger charge is 2.15. The van der Waals surface area contributed by atoms with E-state index in [0.29, 0.717) is 91.4 Å². The maximum atomic E-state index is 12.8. The summed E-state index contributed by atoms with van der Waals surface area (Å²) in [5.41, 5.74) is 1.29. The van der Waals surface area contributed by atoms with Crippen LogP contribution in [0.25, 0.3) is 0 Å². The summed E-state index contributed by atoms with van der Waals surface area (Å²) in [5.74, 6) is -0.126. The quantitative estimate of drug-likeness (QED) is 0.0509. The maximum Gasteiger partial charge on any atom is 0.343 e. The van der Waals surface area contributed by atoms with Gasteiger partial charge in [0.25, 0.3) is 0 Å². The van der Waals surface area contributed by atoms with Gasteiger partial charge in [-0.15, -0.1) is 0 Å². The molecule has 0 aliphatic heterocycles. The highest BCUT2D eigenvalue weighted by molar-refractivity contribution is 5.92. The first-order chi connectivity index (χ1) is 23.6. The van der Waals surface area contributed by atoms with Crippen LogP contribution >= 0.6 is 0 Å². The van der Waals surface area contributed by atoms with E-state index in [4.69, 9.17) is 28.4 Å². The smallest absolute Gasteiger partial charge is 0.343 e. The number of aryl methyl sites for hydroxylation is 1. The van der Waals surface area contributed by atoms with Gasteiger partial charge in [0.2, 0.25) is 0 Å². The van der Waals surface area contributed by atoms with Crippen molar-refractivity contribution in [3.05, 3.63) is 109 Å². The summed E-state index contributed by atoms with van der Waals surface area (Å²) in [6.07, 6.45) is 6.07. The van der Waals surface area contributed by atoms with Crippen LogP contribution in [-0.4, -0.2) is 49.3 Å². The lowest BCUT2D eigenvalue weighted by molar-refractivity contribution is -0.144. The number of hydrogen-bond acceptors (Lipinski definition) is 10. The van der Waals surface area contributed by atoms with Crippen molar-refractivity contribution in [2.24, 2.45) is 0 Å². The molecule has 0 bridgehead atoms. The number of esters is 4. The molecule has 0 aliphatic rings. The Kier molecular flexibility index (Phi) is 15.6. The van der Waals surface area contributed by atoms with E-state index in [1.54, 1.807) is 73.7 Å². The summed E-state index contributed by atoms with van der Waals surface area (Å²) in [5, 5.41) is 0. The molecule has 0 saturated carbocycles. The largest absolute Gasteiger partial charge is 0.494 e. The second-order valence-electron chi connectivity index (χ2n) is 11.1. The highest BCUT2D eigenvalue weighted by Crippen LogP contribution is 2.26. The van der Waals surface area contributed by atoms with E-state index in [9.17, 15) is 19.2 Å². The van der Waals surface area contributed by atoms with Gasteiger partial charge in [0.15, 0.2) is 0 Å². The van der Waals surface area contributed by atoms with Gasteiger partial charge in [-0.25, -0.2) is 19.2 Å². The molecule has 0 saturated heterocycles. The first-order valence-corrected chi connectivity index (χ1v) is 16.3. The van der Waals surface area contributed by atoms with Crippen molar-refractivity contribution >= 4 is 23.9 Å². The van der Waals surface area contributed by atoms with Crippen LogP contribution < -0.4 is 18.9 Å². The second-order valence-corrected chi connectivity index (χ2v) is 11.1. The molecule has 0 amide bonds. The Morgan fingerprint density at radius 3 is 1.47 bits per heavy atom. The average Bonchev–Trinajstić information content (AvgIpc) is 3.12. The fraction of sp³-hybridized carbons (Fsp3) is 0.333. The van der Waals surface area contributed by atoms with Gasteiger partial charge in [0, 0.05) is 12.2 Å². The van der Waals surface area contributed by atoms with E-state index in [0.717, 1.165) is 12.2 Å². The Balaban J connectivity index is 1.43. The fourth-order valence-corrected chi connectivity index (χ4v) is 4.62. The van der Waals surface area contributed by atoms with E-state index >= 15 is 0 Å². The molecule has 260 valence electrons. The molecular weight excluding hydrogens is 628 g/mol. The Labute approximate surface area is 287 Å². The average molecular weight is 673 g/mol. The van der Waals surface area contributed by atoms with Crippen molar-refractivity contribution in [2.75, 3.05) is 13.2 Å². The molecule has 0 aromatic heterocycles. The molecule has 0 N–H and O–H groups in total. The van der Waals surface area contributed by atoms with Gasteiger partial charge in [-0.05, 0) is 118 Å². The minimum Gasteiger partial charge on any atom is -0.494 e. The highest BCUT2D eigenvalue weighted by atomic mass is 16.6. The molecule has 2 atom stereocenters. The van der Waals surface area contributed by atoms with Gasteiger partial charge in [-0.2, -0.15) is 0 Å². The zero-order valence-electron chi connectivity index (χ0n) is 28.3. The van der Waals surface area contributed by atoms with E-state index in [1.165, 1.54) is 0 Å². The van der Waals surface area contributed by atoms with E-state index in [-0.39, 0.29) is 12.2 Å². The lowest BCUT2D eigenvalue weighted by Crippen LogP contribution is -2.16. The normalized spacial score (nSPS) is 11.7. The first kappa shape index (κ1) is 38.1. The van der Waals surface area contributed by atoms with Crippen molar-refractivity contribution < 1.29 is 47.6 Å². The van der Waals surface area contributed by atoms with Gasteiger partial charge >= 0.3 is 23.9 Å². The summed E-state index contributed by atoms with van der Waals surface area (Å²) < 4.78 is 33.2. The zero-order valence-corrected chi connectivity index (χ0v) is 28.3. The zero-order chi connectivity index (χ0) is 35.6. The Hall–Kier alpha value is -5.38. The Morgan fingerprint density at radius 2 is 1.06 bits per heavy atom. The van der Waals surface area contributed by atoms with Crippen LogP contribution in [0.1, 0.15) is 78.7 Å². The first-order valence-electron chi connectivity index (χ1n) is 16.3. The molecule has 3 aromatic rings. The number of benzene rings is 3. The van der Waals surface area contributed by atoms with E-state index < -0.39 is 23.9 Å². The molecule has 0 spiro atoms. The molecule has 10 nitrogen and oxygen atoms in total. The number of carbonyl (C=O) groups excluding carboxylic acids is 4. The fourth-order valence-electron chi connectivity index (χ4n) is 4.62. The van der Waals surface area contributed by atoms with Crippen molar-refractivity contribution in [1.29, 1.82) is 0 Å². The van der Waals surface area contributed by atoms with Crippen LogP contribution in [0.15, 0.2) is 92.0 Å². The van der Waals surface area contributed by atoms with E-state index in [1.807, 2.05) is 13.8 Å². The van der Waals surface area contributed by atoms with Crippen molar-refractivity contribution in [3.63, 3.8) is 0 Å². The van der Waals surface area contributed by atoms with Crippen LogP contribution in [0.2, 0.25) is 0 Å². The molecule has 0 heterocycles. The second kappa shape index (κ2) is 20.1. The third-order valence-electron chi connectivity index (χ3n) is 7.43. The van der Waals surface area contributed by atoms with Crippen LogP contribution in [-0.2, 0) is 19.1 Å². The standard InChI is InChI=1S/C39H44O10/c1-6-30(46-36(40)8-3)12-10-24-44-32-18-14-28(15-19-32)38(42)48-34-22-23-35(27(5)26-34)49-39(43)29-16-20-33(21-17-29)45-25-11-13-31(7-2)47-37(41)9-4/h8-9,14-23,26,30-31H,3-4,6-7,10-13,24-25H2,1-2,5H3. The van der Waals surface area contributed by atoms with Gasteiger partial charge in [0.1, 0.15) is 35.2 Å². The Bertz CT molecular complexity index is 1560. The third-order valence-corrected chi connectivity index (χ3v) is 7.43. The topological polar surface area (TPSA) is 124 Å². The molecule has 0 aliphatic carbocycles. The third kappa shape index (κ3) is 13.0. The molecule has 0 fully saturated rings. The summed E-state index contributed by atoms with van der Waals surface area (Å²) >= 11 is 0. The van der Waals surface area contributed by atoms with Gasteiger partial charge < -0.3 is 28.4 Å². The number of rotatable bonds is 20. The Morgan fingerprint density at radius 1 is 0.633 bits per heavy atom. The number of carbonyl (C=O) groups is 4. The number of ether oxygens (including phenoxy) is 6. The number of hydrogen-bond donors (Lipinski definition) is 0. The molecule has 3 rings (SSSR count). The molecular formula is C39H44O10. The van der Waals surface area contributed by atoms with Crippen molar-refractivity contribution in [2.45, 2.75) is 71.5 Å². The van der Waals surface area contributed by atoms with Crippen molar-refractivity contribution in [1.82, 2.24) is 0 Å². The predicted octanol–water partition coefficient (Wildman–Crippen LogP) is 7.77. The summed E-state index contributed by atoms with van der Waals surface area (Å²) in [7, 11) is 0. The minimum absolute atomic E-state index is 0.185. The molecule has 49 heavy (non-hydrogen) atoms. The lowest BCUT2D eigenvalue weighted by atomic mass is 10.1. The van der Waals surface area contributed by atoms with E-state index in [2.05, 4.69) is 13.2 Å². The molecule has 0 radical (unpaired) electrons. The maximum absolute atomic E-state index is 12.8. The van der Waals surface area contributed by atoms with Crippen LogP contribution in [0.4, 0.5) is 0 Å². The van der Waals surface area contributed by atoms with Crippen LogP contribution in [0.3, 0.4) is 0 Å². The van der Waals surface area contributed by atoms with Crippen LogP contribution in [0, 0.1) is 6.92 Å². The molecule has 3 aromatic carbocycles. The molecule has 2 unspecified atom stereocenters. The SMILES string of the molecule is C=CC(=O)OC(CC)CCCOc1ccc(C(=O)Oc2ccc(OC(=O)c3ccc(OCCCC(CC)OC(=O)C=C)cc3)c(C)c2)cc1. The molecule has 10 heteroatoms. The van der Waals surface area contributed by atoms with Crippen molar-refractivity contribution in [3.8, 4) is 23.0 Å². The van der Waals surface area contributed by atoms with Gasteiger partial charge in [0.05, 0.1) is 24.3 Å². The van der Waals surface area contributed by atoms with Crippen LogP contribution in [0.5, 0.6) is 23.0 Å².